The summed E-state index contributed by atoms with van der Waals surface area (Å²) in [6.07, 6.45) is 1.14. The van der Waals surface area contributed by atoms with Gasteiger partial charge in [0.2, 0.25) is 5.91 Å². The third-order valence-corrected chi connectivity index (χ3v) is 2.80. The monoisotopic (exact) mass is 223 g/mol. The second kappa shape index (κ2) is 4.61. The topological polar surface area (TPSA) is 40.5 Å². The Morgan fingerprint density at radius 1 is 1.38 bits per heavy atom. The number of likely N-dealkylation sites (tertiary alicyclic amines) is 1. The van der Waals surface area contributed by atoms with Gasteiger partial charge in [-0.25, -0.2) is 4.39 Å². The van der Waals surface area contributed by atoms with Crippen molar-refractivity contribution in [2.75, 3.05) is 0 Å². The van der Waals surface area contributed by atoms with Crippen LogP contribution in [-0.2, 0) is 11.3 Å². The zero-order valence-corrected chi connectivity index (χ0v) is 8.90. The second-order valence-electron chi connectivity index (χ2n) is 4.02. The molecule has 0 bridgehead atoms. The Kier molecular flexibility index (Phi) is 3.19. The summed E-state index contributed by atoms with van der Waals surface area (Å²) in [5.74, 6) is -0.336. The number of carbonyl (C=O) groups is 1. The molecule has 16 heavy (non-hydrogen) atoms. The van der Waals surface area contributed by atoms with Gasteiger partial charge >= 0.3 is 0 Å². The number of nitrogens with zero attached hydrogens (tertiary/aromatic N) is 1. The third-order valence-electron chi connectivity index (χ3n) is 2.80. The average molecular weight is 223 g/mol. The fourth-order valence-electron chi connectivity index (χ4n) is 1.88. The second-order valence-corrected chi connectivity index (χ2v) is 4.02. The van der Waals surface area contributed by atoms with Crippen molar-refractivity contribution < 1.29 is 14.3 Å². The van der Waals surface area contributed by atoms with Gasteiger partial charge in [0.1, 0.15) is 12.0 Å². The molecule has 1 aliphatic rings. The van der Waals surface area contributed by atoms with Crippen molar-refractivity contribution in [2.45, 2.75) is 32.0 Å². The number of aliphatic hydroxyl groups excluding tert-OH is 1. The van der Waals surface area contributed by atoms with E-state index in [1.54, 1.807) is 12.1 Å². The Labute approximate surface area is 93.5 Å². The van der Waals surface area contributed by atoms with Crippen LogP contribution in [0.5, 0.6) is 0 Å². The fourth-order valence-corrected chi connectivity index (χ4v) is 1.88. The summed E-state index contributed by atoms with van der Waals surface area (Å²) in [7, 11) is 0. The highest BCUT2D eigenvalue weighted by atomic mass is 19.1. The molecule has 3 nitrogen and oxygen atoms in total. The fraction of sp³-hybridized carbons (Fsp3) is 0.417. The number of aliphatic hydroxyl groups is 1. The highest BCUT2D eigenvalue weighted by Crippen LogP contribution is 2.19. The molecule has 0 radical (unpaired) electrons. The van der Waals surface area contributed by atoms with Gasteiger partial charge in [-0.2, -0.15) is 0 Å². The summed E-state index contributed by atoms with van der Waals surface area (Å²) in [6.45, 7) is 0.347. The van der Waals surface area contributed by atoms with E-state index in [9.17, 15) is 14.3 Å². The van der Waals surface area contributed by atoms with Crippen LogP contribution in [0.15, 0.2) is 24.3 Å². The van der Waals surface area contributed by atoms with Crippen molar-refractivity contribution in [3.05, 3.63) is 35.6 Å². The van der Waals surface area contributed by atoms with E-state index < -0.39 is 6.23 Å². The maximum absolute atomic E-state index is 12.7. The van der Waals surface area contributed by atoms with Crippen molar-refractivity contribution in [3.63, 3.8) is 0 Å². The van der Waals surface area contributed by atoms with Gasteiger partial charge in [0.05, 0.1) is 0 Å². The maximum atomic E-state index is 12.7. The Hall–Kier alpha value is -1.42. The molecule has 86 valence electrons. The average Bonchev–Trinajstić information content (AvgIpc) is 2.26. The summed E-state index contributed by atoms with van der Waals surface area (Å²) in [5.41, 5.74) is 0.829. The zero-order valence-electron chi connectivity index (χ0n) is 8.90. The molecule has 1 amide bonds. The number of halogens is 1. The first-order chi connectivity index (χ1) is 7.66. The molecule has 2 rings (SSSR count). The largest absolute Gasteiger partial charge is 0.374 e. The van der Waals surface area contributed by atoms with Crippen molar-refractivity contribution in [1.82, 2.24) is 4.90 Å². The number of carbonyl (C=O) groups excluding carboxylic acids is 1. The van der Waals surface area contributed by atoms with Crippen LogP contribution in [0.25, 0.3) is 0 Å². The standard InChI is InChI=1S/C12H14FNO2/c13-10-6-4-9(5-7-10)8-14-11(15)2-1-3-12(14)16/h4-7,11,15H,1-3,8H2. The van der Waals surface area contributed by atoms with Crippen LogP contribution < -0.4 is 0 Å². The van der Waals surface area contributed by atoms with Crippen molar-refractivity contribution in [3.8, 4) is 0 Å². The van der Waals surface area contributed by atoms with Crippen LogP contribution >= 0.6 is 0 Å². The van der Waals surface area contributed by atoms with E-state index in [0.717, 1.165) is 12.0 Å². The first-order valence-electron chi connectivity index (χ1n) is 5.39. The molecule has 1 aromatic rings. The minimum atomic E-state index is -0.702. The Balaban J connectivity index is 2.07. The quantitative estimate of drug-likeness (QED) is 0.828. The van der Waals surface area contributed by atoms with Crippen LogP contribution in [-0.4, -0.2) is 22.1 Å². The first-order valence-corrected chi connectivity index (χ1v) is 5.39. The lowest BCUT2D eigenvalue weighted by Crippen LogP contribution is -2.42. The lowest BCUT2D eigenvalue weighted by atomic mass is 10.1. The zero-order chi connectivity index (χ0) is 11.5. The first kappa shape index (κ1) is 11.1. The van der Waals surface area contributed by atoms with E-state index >= 15 is 0 Å². The van der Waals surface area contributed by atoms with Gasteiger partial charge in [-0.3, -0.25) is 4.79 Å². The molecule has 1 saturated heterocycles. The number of piperidine rings is 1. The predicted octanol–water partition coefficient (Wildman–Crippen LogP) is 1.66. The Bertz CT molecular complexity index is 377. The predicted molar refractivity (Wildman–Crippen MR) is 56.8 cm³/mol. The summed E-state index contributed by atoms with van der Waals surface area (Å²) in [6, 6.07) is 5.97. The molecule has 4 heteroatoms. The van der Waals surface area contributed by atoms with Gasteiger partial charge in [-0.1, -0.05) is 12.1 Å². The molecule has 1 aromatic carbocycles. The number of hydrogen-bond acceptors (Lipinski definition) is 2. The molecule has 1 atom stereocenters. The van der Waals surface area contributed by atoms with Crippen molar-refractivity contribution >= 4 is 5.91 Å². The molecule has 0 aliphatic carbocycles. The van der Waals surface area contributed by atoms with E-state index in [-0.39, 0.29) is 11.7 Å². The molecule has 1 N–H and O–H groups in total. The number of hydrogen-bond donors (Lipinski definition) is 1. The Morgan fingerprint density at radius 2 is 2.06 bits per heavy atom. The number of amides is 1. The third kappa shape index (κ3) is 2.39. The van der Waals surface area contributed by atoms with Crippen molar-refractivity contribution in [2.24, 2.45) is 0 Å². The van der Waals surface area contributed by atoms with Gasteiger partial charge in [0, 0.05) is 13.0 Å². The van der Waals surface area contributed by atoms with Gasteiger partial charge in [-0.05, 0) is 30.5 Å². The molecular formula is C12H14FNO2. The van der Waals surface area contributed by atoms with Crippen LogP contribution in [0.4, 0.5) is 4.39 Å². The van der Waals surface area contributed by atoms with Crippen LogP contribution in [0.2, 0.25) is 0 Å². The van der Waals surface area contributed by atoms with Gasteiger partial charge in [0.25, 0.3) is 0 Å². The maximum Gasteiger partial charge on any atom is 0.224 e. The van der Waals surface area contributed by atoms with Crippen LogP contribution in [0.3, 0.4) is 0 Å². The van der Waals surface area contributed by atoms with E-state index in [1.807, 2.05) is 0 Å². The number of rotatable bonds is 2. The smallest absolute Gasteiger partial charge is 0.224 e. The molecule has 1 heterocycles. The lowest BCUT2D eigenvalue weighted by Gasteiger charge is -2.32. The molecule has 0 spiro atoms. The summed E-state index contributed by atoms with van der Waals surface area (Å²) in [5, 5.41) is 9.69. The van der Waals surface area contributed by atoms with Gasteiger partial charge in [-0.15, -0.1) is 0 Å². The molecule has 0 aromatic heterocycles. The number of benzene rings is 1. The normalized spacial score (nSPS) is 21.2. The van der Waals surface area contributed by atoms with Gasteiger partial charge < -0.3 is 10.0 Å². The van der Waals surface area contributed by atoms with E-state index in [0.29, 0.717) is 19.4 Å². The van der Waals surface area contributed by atoms with Crippen molar-refractivity contribution in [1.29, 1.82) is 0 Å². The summed E-state index contributed by atoms with van der Waals surface area (Å²) >= 11 is 0. The SMILES string of the molecule is O=C1CCCC(O)N1Cc1ccc(F)cc1. The van der Waals surface area contributed by atoms with Gasteiger partial charge in [0.15, 0.2) is 0 Å². The van der Waals surface area contributed by atoms with Crippen LogP contribution in [0, 0.1) is 5.82 Å². The molecule has 1 fully saturated rings. The minimum absolute atomic E-state index is 0.0388. The molecule has 0 saturated carbocycles. The molecular weight excluding hydrogens is 209 g/mol. The highest BCUT2D eigenvalue weighted by molar-refractivity contribution is 5.77. The van der Waals surface area contributed by atoms with E-state index in [2.05, 4.69) is 0 Å². The highest BCUT2D eigenvalue weighted by Gasteiger charge is 2.25. The lowest BCUT2D eigenvalue weighted by molar-refractivity contribution is -0.147. The summed E-state index contributed by atoms with van der Waals surface area (Å²) < 4.78 is 12.7. The minimum Gasteiger partial charge on any atom is -0.374 e. The molecule has 1 aliphatic heterocycles. The van der Waals surface area contributed by atoms with E-state index in [4.69, 9.17) is 0 Å². The van der Waals surface area contributed by atoms with Crippen LogP contribution in [0.1, 0.15) is 24.8 Å². The van der Waals surface area contributed by atoms with E-state index in [1.165, 1.54) is 17.0 Å². The molecule has 1 unspecified atom stereocenters. The Morgan fingerprint density at radius 3 is 2.69 bits per heavy atom. The summed E-state index contributed by atoms with van der Waals surface area (Å²) in [4.78, 5) is 13.0.